The van der Waals surface area contributed by atoms with Crippen LogP contribution in [0.15, 0.2) is 71.7 Å². The summed E-state index contributed by atoms with van der Waals surface area (Å²) in [5.74, 6) is 0.0635. The second-order valence-electron chi connectivity index (χ2n) is 6.60. The number of hydrogen-bond acceptors (Lipinski definition) is 4. The van der Waals surface area contributed by atoms with E-state index in [1.165, 1.54) is 29.8 Å². The predicted molar refractivity (Wildman–Crippen MR) is 110 cm³/mol. The van der Waals surface area contributed by atoms with Gasteiger partial charge in [0.25, 0.3) is 17.9 Å². The van der Waals surface area contributed by atoms with E-state index >= 15 is 0 Å². The molecule has 0 saturated heterocycles. The number of benzene rings is 2. The highest BCUT2D eigenvalue weighted by molar-refractivity contribution is 6.11. The van der Waals surface area contributed by atoms with Crippen LogP contribution in [0.25, 0.3) is 22.3 Å². The molecule has 4 aromatic rings. The van der Waals surface area contributed by atoms with Crippen molar-refractivity contribution in [1.82, 2.24) is 14.5 Å². The molecule has 0 bridgehead atoms. The Hall–Kier alpha value is -3.94. The van der Waals surface area contributed by atoms with Crippen molar-refractivity contribution in [3.05, 3.63) is 88.3 Å². The average Bonchev–Trinajstić information content (AvgIpc) is 2.76. The summed E-state index contributed by atoms with van der Waals surface area (Å²) in [5.41, 5.74) is 0.163. The molecule has 0 atom stereocenters. The van der Waals surface area contributed by atoms with E-state index in [9.17, 15) is 18.4 Å². The van der Waals surface area contributed by atoms with E-state index in [0.717, 1.165) is 0 Å². The summed E-state index contributed by atoms with van der Waals surface area (Å²) in [6, 6.07) is 15.5. The summed E-state index contributed by atoms with van der Waals surface area (Å²) in [6.07, 6.45) is -1.11. The second kappa shape index (κ2) is 7.82. The van der Waals surface area contributed by atoms with Crippen molar-refractivity contribution in [2.24, 2.45) is 7.05 Å². The number of alkyl halides is 2. The third-order valence-corrected chi connectivity index (χ3v) is 4.65. The zero-order chi connectivity index (χ0) is 21.3. The SMILES string of the molecule is Cn1c(-c2cccc(C(F)F)c2)nc2c(C(=O)Nc3ccccn3)cccc2c1=O. The van der Waals surface area contributed by atoms with Crippen LogP contribution in [-0.2, 0) is 7.05 Å². The van der Waals surface area contributed by atoms with Gasteiger partial charge in [0.05, 0.1) is 16.5 Å². The molecule has 6 nitrogen and oxygen atoms in total. The Morgan fingerprint density at radius 3 is 2.60 bits per heavy atom. The molecule has 0 aliphatic carbocycles. The summed E-state index contributed by atoms with van der Waals surface area (Å²) in [4.78, 5) is 34.3. The summed E-state index contributed by atoms with van der Waals surface area (Å²) in [6.45, 7) is 0. The van der Waals surface area contributed by atoms with E-state index in [1.54, 1.807) is 48.7 Å². The van der Waals surface area contributed by atoms with Crippen LogP contribution < -0.4 is 10.9 Å². The van der Waals surface area contributed by atoms with Crippen molar-refractivity contribution in [1.29, 1.82) is 0 Å². The normalized spacial score (nSPS) is 11.1. The molecule has 30 heavy (non-hydrogen) atoms. The molecule has 8 heteroatoms. The number of amides is 1. The molecule has 0 spiro atoms. The molecule has 1 amide bonds. The Morgan fingerprint density at radius 1 is 1.07 bits per heavy atom. The van der Waals surface area contributed by atoms with Gasteiger partial charge in [0.2, 0.25) is 0 Å². The maximum atomic E-state index is 13.1. The van der Waals surface area contributed by atoms with Crippen LogP contribution in [0.4, 0.5) is 14.6 Å². The monoisotopic (exact) mass is 406 g/mol. The van der Waals surface area contributed by atoms with Gasteiger partial charge in [0, 0.05) is 24.4 Å². The number of aromatic nitrogens is 3. The molecule has 0 aliphatic heterocycles. The maximum absolute atomic E-state index is 13.1. The van der Waals surface area contributed by atoms with E-state index in [1.807, 2.05) is 0 Å². The average molecular weight is 406 g/mol. The van der Waals surface area contributed by atoms with E-state index in [4.69, 9.17) is 0 Å². The Labute approximate surface area is 169 Å². The molecule has 2 heterocycles. The first-order chi connectivity index (χ1) is 14.5. The van der Waals surface area contributed by atoms with Crippen LogP contribution in [0, 0.1) is 0 Å². The third kappa shape index (κ3) is 3.55. The minimum atomic E-state index is -2.65. The largest absolute Gasteiger partial charge is 0.306 e. The van der Waals surface area contributed by atoms with E-state index < -0.39 is 12.3 Å². The van der Waals surface area contributed by atoms with Gasteiger partial charge < -0.3 is 5.32 Å². The molecular weight excluding hydrogens is 390 g/mol. The van der Waals surface area contributed by atoms with Crippen LogP contribution in [0.5, 0.6) is 0 Å². The number of nitrogens with zero attached hydrogens (tertiary/aromatic N) is 3. The van der Waals surface area contributed by atoms with Gasteiger partial charge in [-0.05, 0) is 30.3 Å². The molecule has 0 saturated carbocycles. The number of carbonyl (C=O) groups is 1. The van der Waals surface area contributed by atoms with Gasteiger partial charge in [-0.15, -0.1) is 0 Å². The van der Waals surface area contributed by atoms with Crippen LogP contribution >= 0.6 is 0 Å². The lowest BCUT2D eigenvalue weighted by Crippen LogP contribution is -2.22. The predicted octanol–water partition coefficient (Wildman–Crippen LogP) is 4.19. The molecule has 0 aliphatic rings. The van der Waals surface area contributed by atoms with E-state index in [2.05, 4.69) is 15.3 Å². The summed E-state index contributed by atoms with van der Waals surface area (Å²) >= 11 is 0. The fraction of sp³-hybridized carbons (Fsp3) is 0.0909. The number of para-hydroxylation sites is 1. The van der Waals surface area contributed by atoms with Crippen LogP contribution in [0.1, 0.15) is 22.3 Å². The third-order valence-electron chi connectivity index (χ3n) is 4.65. The molecule has 2 aromatic heterocycles. The number of halogens is 2. The van der Waals surface area contributed by atoms with Gasteiger partial charge in [-0.1, -0.05) is 30.3 Å². The number of pyridine rings is 1. The van der Waals surface area contributed by atoms with Crippen molar-refractivity contribution < 1.29 is 13.6 Å². The molecule has 150 valence electrons. The number of carbonyl (C=O) groups excluding carboxylic acids is 1. The topological polar surface area (TPSA) is 76.9 Å². The van der Waals surface area contributed by atoms with Gasteiger partial charge in [0.15, 0.2) is 0 Å². The summed E-state index contributed by atoms with van der Waals surface area (Å²) in [5, 5.41) is 2.92. The zero-order valence-corrected chi connectivity index (χ0v) is 15.8. The number of fused-ring (bicyclic) bond motifs is 1. The van der Waals surface area contributed by atoms with Gasteiger partial charge in [-0.25, -0.2) is 18.7 Å². The van der Waals surface area contributed by atoms with Gasteiger partial charge in [-0.2, -0.15) is 0 Å². The first kappa shape index (κ1) is 19.4. The lowest BCUT2D eigenvalue weighted by Gasteiger charge is -2.12. The maximum Gasteiger partial charge on any atom is 0.263 e. The van der Waals surface area contributed by atoms with Gasteiger partial charge >= 0.3 is 0 Å². The molecular formula is C22H16F2N4O2. The fourth-order valence-electron chi connectivity index (χ4n) is 3.17. The molecule has 2 aromatic carbocycles. The highest BCUT2D eigenvalue weighted by atomic mass is 19.3. The summed E-state index contributed by atoms with van der Waals surface area (Å²) < 4.78 is 27.5. The lowest BCUT2D eigenvalue weighted by atomic mass is 10.1. The second-order valence-corrected chi connectivity index (χ2v) is 6.60. The molecule has 0 fully saturated rings. The Kier molecular flexibility index (Phi) is 5.05. The lowest BCUT2D eigenvalue weighted by molar-refractivity contribution is 0.102. The van der Waals surface area contributed by atoms with E-state index in [0.29, 0.717) is 11.4 Å². The number of nitrogens with one attached hydrogen (secondary N) is 1. The smallest absolute Gasteiger partial charge is 0.263 e. The summed E-state index contributed by atoms with van der Waals surface area (Å²) in [7, 11) is 1.51. The first-order valence-corrected chi connectivity index (χ1v) is 9.06. The van der Waals surface area contributed by atoms with E-state index in [-0.39, 0.29) is 33.4 Å². The number of anilines is 1. The Balaban J connectivity index is 1.87. The molecule has 1 N–H and O–H groups in total. The van der Waals surface area contributed by atoms with Crippen LogP contribution in [0.2, 0.25) is 0 Å². The number of hydrogen-bond donors (Lipinski definition) is 1. The number of rotatable bonds is 4. The molecule has 0 unspecified atom stereocenters. The van der Waals surface area contributed by atoms with Crippen molar-refractivity contribution in [3.8, 4) is 11.4 Å². The van der Waals surface area contributed by atoms with Gasteiger partial charge in [0.1, 0.15) is 11.6 Å². The zero-order valence-electron chi connectivity index (χ0n) is 15.8. The first-order valence-electron chi connectivity index (χ1n) is 9.06. The van der Waals surface area contributed by atoms with Crippen molar-refractivity contribution in [2.75, 3.05) is 5.32 Å². The van der Waals surface area contributed by atoms with Crippen molar-refractivity contribution >= 4 is 22.6 Å². The van der Waals surface area contributed by atoms with Crippen LogP contribution in [-0.4, -0.2) is 20.4 Å². The fourth-order valence-corrected chi connectivity index (χ4v) is 3.17. The highest BCUT2D eigenvalue weighted by Crippen LogP contribution is 2.26. The van der Waals surface area contributed by atoms with Crippen molar-refractivity contribution in [2.45, 2.75) is 6.43 Å². The Morgan fingerprint density at radius 2 is 1.87 bits per heavy atom. The highest BCUT2D eigenvalue weighted by Gasteiger charge is 2.18. The molecule has 4 rings (SSSR count). The Bertz CT molecular complexity index is 1300. The standard InChI is InChI=1S/C22H16F2N4O2/c1-28-20(14-7-4-6-13(12-14)19(23)24)27-18-15(8-5-9-16(18)22(28)30)21(29)26-17-10-2-3-11-25-17/h2-12,19H,1H3,(H,25,26,29). The van der Waals surface area contributed by atoms with Crippen molar-refractivity contribution in [3.63, 3.8) is 0 Å². The molecule has 0 radical (unpaired) electrons. The minimum absolute atomic E-state index is 0.178. The van der Waals surface area contributed by atoms with Crippen LogP contribution in [0.3, 0.4) is 0 Å². The minimum Gasteiger partial charge on any atom is -0.306 e. The van der Waals surface area contributed by atoms with Gasteiger partial charge in [-0.3, -0.25) is 14.2 Å². The quantitative estimate of drug-likeness (QED) is 0.552.